The van der Waals surface area contributed by atoms with E-state index in [0.29, 0.717) is 6.42 Å². The van der Waals surface area contributed by atoms with Gasteiger partial charge in [-0.25, -0.2) is 4.98 Å². The highest BCUT2D eigenvalue weighted by Gasteiger charge is 2.29. The highest BCUT2D eigenvalue weighted by molar-refractivity contribution is 7.99. The Morgan fingerprint density at radius 1 is 1.43 bits per heavy atom. The SMILES string of the molecule is CNC(C)(CCCCSc1nc2ccccc2[nH]1)C(=O)O. The number of fused-ring (bicyclic) bond motifs is 1. The number of nitrogens with one attached hydrogen (secondary N) is 2. The number of carbonyl (C=O) groups is 1. The number of rotatable bonds is 8. The molecule has 0 bridgehead atoms. The van der Waals surface area contributed by atoms with Crippen LogP contribution in [0, 0.1) is 0 Å². The summed E-state index contributed by atoms with van der Waals surface area (Å²) in [5, 5.41) is 13.0. The third kappa shape index (κ3) is 3.98. The maximum absolute atomic E-state index is 11.2. The van der Waals surface area contributed by atoms with Crippen LogP contribution in [0.3, 0.4) is 0 Å². The number of thioether (sulfide) groups is 1. The Hall–Kier alpha value is -1.53. The Morgan fingerprint density at radius 3 is 2.86 bits per heavy atom. The smallest absolute Gasteiger partial charge is 0.323 e. The monoisotopic (exact) mass is 307 g/mol. The zero-order valence-corrected chi connectivity index (χ0v) is 13.2. The predicted molar refractivity (Wildman–Crippen MR) is 85.8 cm³/mol. The topological polar surface area (TPSA) is 78.0 Å². The Morgan fingerprint density at radius 2 is 2.19 bits per heavy atom. The molecule has 1 atom stereocenters. The average Bonchev–Trinajstić information content (AvgIpc) is 2.89. The van der Waals surface area contributed by atoms with Gasteiger partial charge in [0, 0.05) is 5.75 Å². The molecule has 1 unspecified atom stereocenters. The van der Waals surface area contributed by atoms with E-state index in [2.05, 4.69) is 15.3 Å². The molecule has 21 heavy (non-hydrogen) atoms. The van der Waals surface area contributed by atoms with Crippen LogP contribution in [0.2, 0.25) is 0 Å². The molecular weight excluding hydrogens is 286 g/mol. The first-order valence-electron chi connectivity index (χ1n) is 7.05. The number of H-pyrrole nitrogens is 1. The molecule has 0 aliphatic carbocycles. The Kier molecular flexibility index (Phi) is 5.25. The standard InChI is InChI=1S/C15H21N3O2S/c1-15(16-2,13(19)20)9-5-6-10-21-14-17-11-7-3-4-8-12(11)18-14/h3-4,7-8,16H,5-6,9-10H2,1-2H3,(H,17,18)(H,19,20). The minimum absolute atomic E-state index is 0.625. The van der Waals surface area contributed by atoms with Gasteiger partial charge in [-0.1, -0.05) is 30.3 Å². The number of carboxylic acid groups (broad SMARTS) is 1. The molecule has 5 nitrogen and oxygen atoms in total. The summed E-state index contributed by atoms with van der Waals surface area (Å²) in [6.45, 7) is 1.72. The van der Waals surface area contributed by atoms with Crippen molar-refractivity contribution in [2.45, 2.75) is 36.9 Å². The van der Waals surface area contributed by atoms with Gasteiger partial charge in [-0.3, -0.25) is 4.79 Å². The molecule has 0 saturated carbocycles. The van der Waals surface area contributed by atoms with Crippen molar-refractivity contribution in [3.8, 4) is 0 Å². The van der Waals surface area contributed by atoms with E-state index in [1.807, 2.05) is 24.3 Å². The highest BCUT2D eigenvalue weighted by atomic mass is 32.2. The molecule has 0 fully saturated rings. The average molecular weight is 307 g/mol. The molecule has 1 heterocycles. The van der Waals surface area contributed by atoms with Crippen LogP contribution in [0.1, 0.15) is 26.2 Å². The van der Waals surface area contributed by atoms with Gasteiger partial charge in [0.1, 0.15) is 5.54 Å². The lowest BCUT2D eigenvalue weighted by molar-refractivity contribution is -0.144. The van der Waals surface area contributed by atoms with E-state index < -0.39 is 11.5 Å². The summed E-state index contributed by atoms with van der Waals surface area (Å²) in [5.41, 5.74) is 1.20. The van der Waals surface area contributed by atoms with Gasteiger partial charge in [0.15, 0.2) is 5.16 Å². The number of hydrogen-bond donors (Lipinski definition) is 3. The summed E-state index contributed by atoms with van der Waals surface area (Å²) >= 11 is 1.68. The van der Waals surface area contributed by atoms with Crippen molar-refractivity contribution < 1.29 is 9.90 Å². The van der Waals surface area contributed by atoms with Gasteiger partial charge in [0.05, 0.1) is 11.0 Å². The van der Waals surface area contributed by atoms with Crippen molar-refractivity contribution in [1.82, 2.24) is 15.3 Å². The molecule has 0 aliphatic heterocycles. The number of benzene rings is 1. The molecule has 0 spiro atoms. The van der Waals surface area contributed by atoms with E-state index in [0.717, 1.165) is 34.8 Å². The number of carboxylic acids is 1. The molecule has 3 N–H and O–H groups in total. The van der Waals surface area contributed by atoms with Crippen molar-refractivity contribution in [3.05, 3.63) is 24.3 Å². The molecule has 2 rings (SSSR count). The largest absolute Gasteiger partial charge is 0.480 e. The van der Waals surface area contributed by atoms with Crippen LogP contribution in [0.5, 0.6) is 0 Å². The fourth-order valence-corrected chi connectivity index (χ4v) is 2.97. The van der Waals surface area contributed by atoms with Crippen LogP contribution >= 0.6 is 11.8 Å². The number of imidazole rings is 1. The van der Waals surface area contributed by atoms with Gasteiger partial charge < -0.3 is 15.4 Å². The van der Waals surface area contributed by atoms with Gasteiger partial charge in [-0.2, -0.15) is 0 Å². The summed E-state index contributed by atoms with van der Waals surface area (Å²) in [4.78, 5) is 18.9. The maximum Gasteiger partial charge on any atom is 0.323 e. The number of aromatic nitrogens is 2. The van der Waals surface area contributed by atoms with Crippen LogP contribution in [0.25, 0.3) is 11.0 Å². The second-order valence-corrected chi connectivity index (χ2v) is 6.34. The molecular formula is C15H21N3O2S. The van der Waals surface area contributed by atoms with Crippen LogP contribution in [-0.2, 0) is 4.79 Å². The maximum atomic E-state index is 11.2. The van der Waals surface area contributed by atoms with E-state index in [1.54, 1.807) is 25.7 Å². The van der Waals surface area contributed by atoms with Gasteiger partial charge in [-0.05, 0) is 38.9 Å². The number of aliphatic carboxylic acids is 1. The summed E-state index contributed by atoms with van der Waals surface area (Å²) in [6.07, 6.45) is 2.46. The molecule has 0 aliphatic rings. The van der Waals surface area contributed by atoms with E-state index in [4.69, 9.17) is 5.11 Å². The Labute approximate surface area is 128 Å². The fourth-order valence-electron chi connectivity index (χ4n) is 2.09. The second-order valence-electron chi connectivity index (χ2n) is 5.25. The molecule has 1 aromatic heterocycles. The molecule has 0 amide bonds. The summed E-state index contributed by atoms with van der Waals surface area (Å²) in [5.74, 6) is 0.133. The minimum atomic E-state index is -0.829. The van der Waals surface area contributed by atoms with Crippen molar-refractivity contribution in [1.29, 1.82) is 0 Å². The zero-order valence-electron chi connectivity index (χ0n) is 12.3. The van der Waals surface area contributed by atoms with Gasteiger partial charge in [-0.15, -0.1) is 0 Å². The molecule has 6 heteroatoms. The lowest BCUT2D eigenvalue weighted by Gasteiger charge is -2.23. The normalized spacial score (nSPS) is 14.2. The van der Waals surface area contributed by atoms with Gasteiger partial charge in [0.2, 0.25) is 0 Å². The van der Waals surface area contributed by atoms with E-state index in [9.17, 15) is 4.79 Å². The zero-order chi connectivity index (χ0) is 15.3. The summed E-state index contributed by atoms with van der Waals surface area (Å²) < 4.78 is 0. The second kappa shape index (κ2) is 6.95. The van der Waals surface area contributed by atoms with Crippen LogP contribution in [0.4, 0.5) is 0 Å². The molecule has 2 aromatic rings. The lowest BCUT2D eigenvalue weighted by atomic mass is 9.95. The summed E-state index contributed by atoms with van der Waals surface area (Å²) in [7, 11) is 1.69. The van der Waals surface area contributed by atoms with Crippen LogP contribution in [0.15, 0.2) is 29.4 Å². The van der Waals surface area contributed by atoms with Crippen molar-refractivity contribution >= 4 is 28.8 Å². The third-order valence-electron chi connectivity index (χ3n) is 3.70. The van der Waals surface area contributed by atoms with E-state index in [-0.39, 0.29) is 0 Å². The molecule has 0 saturated heterocycles. The number of unbranched alkanes of at least 4 members (excludes halogenated alkanes) is 1. The molecule has 114 valence electrons. The number of likely N-dealkylation sites (N-methyl/N-ethyl adjacent to an activating group) is 1. The molecule has 0 radical (unpaired) electrons. The first-order chi connectivity index (χ1) is 10.0. The Balaban J connectivity index is 1.76. The number of aromatic amines is 1. The number of nitrogens with zero attached hydrogens (tertiary/aromatic N) is 1. The lowest BCUT2D eigenvalue weighted by Crippen LogP contribution is -2.47. The number of para-hydroxylation sites is 2. The first kappa shape index (κ1) is 15.9. The molecule has 1 aromatic carbocycles. The summed E-state index contributed by atoms with van der Waals surface area (Å²) in [6, 6.07) is 7.96. The van der Waals surface area contributed by atoms with Gasteiger partial charge >= 0.3 is 5.97 Å². The first-order valence-corrected chi connectivity index (χ1v) is 8.03. The van der Waals surface area contributed by atoms with Crippen LogP contribution < -0.4 is 5.32 Å². The predicted octanol–water partition coefficient (Wildman–Crippen LogP) is 2.89. The van der Waals surface area contributed by atoms with Crippen LogP contribution in [-0.4, -0.2) is 39.4 Å². The van der Waals surface area contributed by atoms with E-state index in [1.165, 1.54) is 0 Å². The Bertz CT molecular complexity index is 581. The highest BCUT2D eigenvalue weighted by Crippen LogP contribution is 2.21. The van der Waals surface area contributed by atoms with Crippen molar-refractivity contribution in [2.75, 3.05) is 12.8 Å². The van der Waals surface area contributed by atoms with Crippen molar-refractivity contribution in [3.63, 3.8) is 0 Å². The van der Waals surface area contributed by atoms with Crippen molar-refractivity contribution in [2.24, 2.45) is 0 Å². The van der Waals surface area contributed by atoms with Gasteiger partial charge in [0.25, 0.3) is 0 Å². The third-order valence-corrected chi connectivity index (χ3v) is 4.66. The fraction of sp³-hybridized carbons (Fsp3) is 0.467. The van der Waals surface area contributed by atoms with E-state index >= 15 is 0 Å². The quantitative estimate of drug-likeness (QED) is 0.516. The minimum Gasteiger partial charge on any atom is -0.480 e. The number of hydrogen-bond acceptors (Lipinski definition) is 4.